The lowest BCUT2D eigenvalue weighted by Gasteiger charge is -2.36. The van der Waals surface area contributed by atoms with Crippen LogP contribution in [0.15, 0.2) is 28.7 Å². The van der Waals surface area contributed by atoms with Crippen LogP contribution in [0.4, 0.5) is 10.5 Å². The molecule has 0 unspecified atom stereocenters. The van der Waals surface area contributed by atoms with Gasteiger partial charge in [-0.3, -0.25) is 0 Å². The summed E-state index contributed by atoms with van der Waals surface area (Å²) in [6.45, 7) is 8.10. The predicted molar refractivity (Wildman–Crippen MR) is 93.2 cm³/mol. The van der Waals surface area contributed by atoms with Gasteiger partial charge in [0.2, 0.25) is 5.76 Å². The predicted octanol–water partition coefficient (Wildman–Crippen LogP) is 3.19. The van der Waals surface area contributed by atoms with Crippen LogP contribution in [0.2, 0.25) is 0 Å². The van der Waals surface area contributed by atoms with E-state index >= 15 is 0 Å². The van der Waals surface area contributed by atoms with Crippen LogP contribution >= 0.6 is 0 Å². The number of carbonyl (C=O) groups is 2. The average molecular weight is 346 g/mol. The number of carbonyl (C=O) groups excluding carboxylic acids is 1. The summed E-state index contributed by atoms with van der Waals surface area (Å²) >= 11 is 0. The minimum absolute atomic E-state index is 0.0677. The smallest absolute Gasteiger partial charge is 0.410 e. The normalized spacial score (nSPS) is 15.5. The van der Waals surface area contributed by atoms with E-state index in [4.69, 9.17) is 14.3 Å². The Morgan fingerprint density at radius 3 is 2.40 bits per heavy atom. The van der Waals surface area contributed by atoms with Crippen molar-refractivity contribution >= 4 is 28.7 Å². The summed E-state index contributed by atoms with van der Waals surface area (Å²) < 4.78 is 10.7. The van der Waals surface area contributed by atoms with Crippen LogP contribution in [0.1, 0.15) is 31.3 Å². The number of benzene rings is 1. The highest BCUT2D eigenvalue weighted by Gasteiger charge is 2.26. The first kappa shape index (κ1) is 17.1. The maximum Gasteiger partial charge on any atom is 0.410 e. The van der Waals surface area contributed by atoms with Crippen LogP contribution in [0.25, 0.3) is 11.0 Å². The SMILES string of the molecule is CC(C)(C)OC(=O)N1CCN(c2ccc3oc(C(=O)O)cc3c2)CC1. The Bertz CT molecular complexity index is 797. The average Bonchev–Trinajstić information content (AvgIpc) is 2.97. The number of nitrogens with zero attached hydrogens (tertiary/aromatic N) is 2. The Balaban J connectivity index is 1.67. The number of carboxylic acids is 1. The van der Waals surface area contributed by atoms with E-state index in [0.717, 1.165) is 11.1 Å². The molecule has 3 rings (SSSR count). The Morgan fingerprint density at radius 1 is 1.12 bits per heavy atom. The zero-order valence-electron chi connectivity index (χ0n) is 14.6. The number of carboxylic acid groups (broad SMARTS) is 1. The second kappa shape index (κ2) is 6.31. The molecule has 0 aliphatic carbocycles. The van der Waals surface area contributed by atoms with Gasteiger partial charge in [-0.15, -0.1) is 0 Å². The molecule has 25 heavy (non-hydrogen) atoms. The first-order valence-electron chi connectivity index (χ1n) is 8.23. The Kier molecular flexibility index (Phi) is 4.32. The van der Waals surface area contributed by atoms with E-state index in [2.05, 4.69) is 4.90 Å². The van der Waals surface area contributed by atoms with Gasteiger partial charge in [-0.25, -0.2) is 9.59 Å². The van der Waals surface area contributed by atoms with E-state index in [9.17, 15) is 9.59 Å². The van der Waals surface area contributed by atoms with Gasteiger partial charge in [0.15, 0.2) is 0 Å². The summed E-state index contributed by atoms with van der Waals surface area (Å²) in [7, 11) is 0. The van der Waals surface area contributed by atoms with Crippen molar-refractivity contribution in [1.29, 1.82) is 0 Å². The van der Waals surface area contributed by atoms with Crippen molar-refractivity contribution in [2.45, 2.75) is 26.4 Å². The minimum atomic E-state index is -1.08. The van der Waals surface area contributed by atoms with E-state index in [1.165, 1.54) is 6.07 Å². The monoisotopic (exact) mass is 346 g/mol. The quantitative estimate of drug-likeness (QED) is 0.899. The molecule has 0 spiro atoms. The van der Waals surface area contributed by atoms with Gasteiger partial charge in [-0.05, 0) is 45.0 Å². The molecule has 0 atom stereocenters. The minimum Gasteiger partial charge on any atom is -0.475 e. The first-order chi connectivity index (χ1) is 11.7. The molecule has 0 saturated carbocycles. The van der Waals surface area contributed by atoms with Crippen molar-refractivity contribution < 1.29 is 23.8 Å². The molecule has 134 valence electrons. The number of amides is 1. The number of aromatic carboxylic acids is 1. The van der Waals surface area contributed by atoms with Crippen molar-refractivity contribution in [3.63, 3.8) is 0 Å². The molecule has 1 aliphatic heterocycles. The van der Waals surface area contributed by atoms with Crippen LogP contribution in [0, 0.1) is 0 Å². The highest BCUT2D eigenvalue weighted by Crippen LogP contribution is 2.26. The van der Waals surface area contributed by atoms with E-state index < -0.39 is 11.6 Å². The van der Waals surface area contributed by atoms with Crippen molar-refractivity contribution in [2.24, 2.45) is 0 Å². The van der Waals surface area contributed by atoms with E-state index in [-0.39, 0.29) is 11.9 Å². The van der Waals surface area contributed by atoms with Crippen molar-refractivity contribution in [1.82, 2.24) is 4.90 Å². The summed E-state index contributed by atoms with van der Waals surface area (Å²) in [6, 6.07) is 7.12. The Labute approximate surface area is 145 Å². The van der Waals surface area contributed by atoms with Crippen molar-refractivity contribution in [2.75, 3.05) is 31.1 Å². The first-order valence-corrected chi connectivity index (χ1v) is 8.23. The summed E-state index contributed by atoms with van der Waals surface area (Å²) in [5.74, 6) is -1.15. The second-order valence-corrected chi connectivity index (χ2v) is 7.09. The summed E-state index contributed by atoms with van der Waals surface area (Å²) in [6.07, 6.45) is -0.288. The van der Waals surface area contributed by atoms with Gasteiger partial charge in [-0.1, -0.05) is 0 Å². The standard InChI is InChI=1S/C18H22N2O5/c1-18(2,3)25-17(23)20-8-6-19(7-9-20)13-4-5-14-12(10-13)11-15(24-14)16(21)22/h4-5,10-11H,6-9H2,1-3H3,(H,21,22). The molecular weight excluding hydrogens is 324 g/mol. The second-order valence-electron chi connectivity index (χ2n) is 7.09. The molecule has 1 aliphatic rings. The fourth-order valence-corrected chi connectivity index (χ4v) is 2.81. The van der Waals surface area contributed by atoms with Crippen molar-refractivity contribution in [3.05, 3.63) is 30.0 Å². The summed E-state index contributed by atoms with van der Waals surface area (Å²) in [4.78, 5) is 27.0. The van der Waals surface area contributed by atoms with Crippen LogP contribution in [-0.2, 0) is 4.74 Å². The molecular formula is C18H22N2O5. The molecule has 1 saturated heterocycles. The van der Waals surface area contributed by atoms with E-state index in [1.807, 2.05) is 32.9 Å². The maximum atomic E-state index is 12.1. The van der Waals surface area contributed by atoms with Crippen molar-refractivity contribution in [3.8, 4) is 0 Å². The molecule has 7 nitrogen and oxygen atoms in total. The number of rotatable bonds is 2. The van der Waals surface area contributed by atoms with E-state index in [1.54, 1.807) is 11.0 Å². The van der Waals surface area contributed by atoms with Crippen LogP contribution < -0.4 is 4.90 Å². The largest absolute Gasteiger partial charge is 0.475 e. The van der Waals surface area contributed by atoms with Gasteiger partial charge in [0.1, 0.15) is 11.2 Å². The highest BCUT2D eigenvalue weighted by molar-refractivity contribution is 5.92. The molecule has 1 amide bonds. The van der Waals surface area contributed by atoms with Gasteiger partial charge in [0, 0.05) is 37.3 Å². The third kappa shape index (κ3) is 3.87. The summed E-state index contributed by atoms with van der Waals surface area (Å²) in [5.41, 5.74) is 1.03. The fraction of sp³-hybridized carbons (Fsp3) is 0.444. The molecule has 1 aromatic carbocycles. The number of piperazine rings is 1. The number of hydrogen-bond donors (Lipinski definition) is 1. The lowest BCUT2D eigenvalue weighted by atomic mass is 10.2. The van der Waals surface area contributed by atoms with Gasteiger partial charge in [-0.2, -0.15) is 0 Å². The molecule has 0 radical (unpaired) electrons. The number of anilines is 1. The number of furan rings is 1. The highest BCUT2D eigenvalue weighted by atomic mass is 16.6. The maximum absolute atomic E-state index is 12.1. The summed E-state index contributed by atoms with van der Waals surface area (Å²) in [5, 5.41) is 9.77. The Morgan fingerprint density at radius 2 is 1.80 bits per heavy atom. The molecule has 7 heteroatoms. The van der Waals surface area contributed by atoms with E-state index in [0.29, 0.717) is 31.8 Å². The molecule has 2 heterocycles. The molecule has 2 aromatic rings. The van der Waals surface area contributed by atoms with Crippen LogP contribution in [0.5, 0.6) is 0 Å². The zero-order valence-corrected chi connectivity index (χ0v) is 14.6. The molecule has 1 aromatic heterocycles. The van der Waals surface area contributed by atoms with Gasteiger partial charge < -0.3 is 24.1 Å². The van der Waals surface area contributed by atoms with Gasteiger partial charge >= 0.3 is 12.1 Å². The third-order valence-corrected chi connectivity index (χ3v) is 4.01. The third-order valence-electron chi connectivity index (χ3n) is 4.01. The molecule has 1 fully saturated rings. The number of fused-ring (bicyclic) bond motifs is 1. The Hall–Kier alpha value is -2.70. The number of hydrogen-bond acceptors (Lipinski definition) is 5. The van der Waals surface area contributed by atoms with Crippen LogP contribution in [-0.4, -0.2) is 53.8 Å². The molecule has 1 N–H and O–H groups in total. The fourth-order valence-electron chi connectivity index (χ4n) is 2.81. The lowest BCUT2D eigenvalue weighted by molar-refractivity contribution is 0.0240. The molecule has 0 bridgehead atoms. The zero-order chi connectivity index (χ0) is 18.2. The van der Waals surface area contributed by atoms with Crippen LogP contribution in [0.3, 0.4) is 0 Å². The number of ether oxygens (including phenoxy) is 1. The lowest BCUT2D eigenvalue weighted by Crippen LogP contribution is -2.50. The topological polar surface area (TPSA) is 83.2 Å². The van der Waals surface area contributed by atoms with Gasteiger partial charge in [0.05, 0.1) is 0 Å². The van der Waals surface area contributed by atoms with Gasteiger partial charge in [0.25, 0.3) is 0 Å².